The van der Waals surface area contributed by atoms with Gasteiger partial charge in [0.1, 0.15) is 23.0 Å². The van der Waals surface area contributed by atoms with Crippen LogP contribution in [0.3, 0.4) is 0 Å². The summed E-state index contributed by atoms with van der Waals surface area (Å²) in [5.41, 5.74) is 5.25. The molecule has 0 amide bonds. The van der Waals surface area contributed by atoms with Crippen LogP contribution in [0, 0.1) is 0 Å². The van der Waals surface area contributed by atoms with E-state index in [4.69, 9.17) is 9.47 Å². The van der Waals surface area contributed by atoms with E-state index >= 15 is 0 Å². The van der Waals surface area contributed by atoms with Crippen LogP contribution in [-0.2, 0) is 11.8 Å². The first-order chi connectivity index (χ1) is 17.3. The van der Waals surface area contributed by atoms with Gasteiger partial charge in [0.2, 0.25) is 0 Å². The van der Waals surface area contributed by atoms with E-state index in [0.717, 1.165) is 29.4 Å². The molecule has 0 saturated carbocycles. The van der Waals surface area contributed by atoms with Crippen molar-refractivity contribution in [3.8, 4) is 23.0 Å². The molecular formula is C34H40O2. The van der Waals surface area contributed by atoms with E-state index in [2.05, 4.69) is 83.1 Å². The summed E-state index contributed by atoms with van der Waals surface area (Å²) in [6, 6.07) is 33.3. The lowest BCUT2D eigenvalue weighted by molar-refractivity contribution is 0.481. The van der Waals surface area contributed by atoms with Gasteiger partial charge in [-0.3, -0.25) is 0 Å². The standard InChI is InChI=1S/C32H34O2.C2H6/c1-23(2)26-10-18-30(19-11-26)33-28-14-6-24(7-15-28)22-25-8-16-29(17-9-25)34-31-20-12-27(13-21-31)32(3,4)5;1-2/h6-21,23H,22H2,1-5H3;1-2H3. The number of rotatable bonds is 7. The van der Waals surface area contributed by atoms with Gasteiger partial charge in [0.15, 0.2) is 0 Å². The highest BCUT2D eigenvalue weighted by atomic mass is 16.5. The zero-order valence-electron chi connectivity index (χ0n) is 22.8. The van der Waals surface area contributed by atoms with E-state index in [1.165, 1.54) is 22.3 Å². The molecule has 0 N–H and O–H groups in total. The third-order valence-corrected chi connectivity index (χ3v) is 5.99. The number of ether oxygens (including phenoxy) is 2. The van der Waals surface area contributed by atoms with Gasteiger partial charge in [-0.05, 0) is 88.5 Å². The highest BCUT2D eigenvalue weighted by Crippen LogP contribution is 2.28. The van der Waals surface area contributed by atoms with Crippen molar-refractivity contribution in [3.63, 3.8) is 0 Å². The molecule has 0 aliphatic rings. The Kier molecular flexibility index (Phi) is 9.36. The van der Waals surface area contributed by atoms with Gasteiger partial charge in [-0.25, -0.2) is 0 Å². The van der Waals surface area contributed by atoms with Crippen LogP contribution in [0.5, 0.6) is 23.0 Å². The van der Waals surface area contributed by atoms with Crippen molar-refractivity contribution in [3.05, 3.63) is 119 Å². The van der Waals surface area contributed by atoms with Crippen LogP contribution in [0.4, 0.5) is 0 Å². The maximum Gasteiger partial charge on any atom is 0.127 e. The highest BCUT2D eigenvalue weighted by molar-refractivity contribution is 5.39. The number of hydrogen-bond acceptors (Lipinski definition) is 2. The van der Waals surface area contributed by atoms with Gasteiger partial charge in [0.05, 0.1) is 0 Å². The van der Waals surface area contributed by atoms with Crippen LogP contribution in [0.15, 0.2) is 97.1 Å². The van der Waals surface area contributed by atoms with E-state index in [9.17, 15) is 0 Å². The largest absolute Gasteiger partial charge is 0.457 e. The Bertz CT molecular complexity index is 1180. The summed E-state index contributed by atoms with van der Waals surface area (Å²) in [6.45, 7) is 15.0. The Labute approximate surface area is 217 Å². The zero-order valence-corrected chi connectivity index (χ0v) is 22.8. The lowest BCUT2D eigenvalue weighted by Gasteiger charge is -2.19. The lowest BCUT2D eigenvalue weighted by atomic mass is 9.87. The maximum absolute atomic E-state index is 6.03. The molecule has 2 nitrogen and oxygen atoms in total. The Balaban J connectivity index is 0.00000176. The summed E-state index contributed by atoms with van der Waals surface area (Å²) in [6.07, 6.45) is 0.865. The topological polar surface area (TPSA) is 18.5 Å². The fraction of sp³-hybridized carbons (Fsp3) is 0.294. The monoisotopic (exact) mass is 480 g/mol. The van der Waals surface area contributed by atoms with E-state index < -0.39 is 0 Å². The molecule has 36 heavy (non-hydrogen) atoms. The number of hydrogen-bond donors (Lipinski definition) is 0. The fourth-order valence-corrected chi connectivity index (χ4v) is 3.80. The second kappa shape index (κ2) is 12.4. The summed E-state index contributed by atoms with van der Waals surface area (Å²) in [7, 11) is 0. The molecular weight excluding hydrogens is 440 g/mol. The van der Waals surface area contributed by atoms with Crippen LogP contribution >= 0.6 is 0 Å². The molecule has 0 atom stereocenters. The summed E-state index contributed by atoms with van der Waals surface area (Å²) in [4.78, 5) is 0. The minimum Gasteiger partial charge on any atom is -0.457 e. The average molecular weight is 481 g/mol. The number of benzene rings is 4. The van der Waals surface area contributed by atoms with Crippen molar-refractivity contribution in [2.45, 2.75) is 66.2 Å². The van der Waals surface area contributed by atoms with Crippen molar-refractivity contribution in [2.75, 3.05) is 0 Å². The molecule has 0 radical (unpaired) electrons. The normalized spacial score (nSPS) is 11.0. The molecule has 0 spiro atoms. The van der Waals surface area contributed by atoms with Crippen LogP contribution in [0.2, 0.25) is 0 Å². The van der Waals surface area contributed by atoms with Crippen LogP contribution in [0.1, 0.15) is 76.6 Å². The Hall–Kier alpha value is -3.52. The van der Waals surface area contributed by atoms with Crippen LogP contribution < -0.4 is 9.47 Å². The van der Waals surface area contributed by atoms with Crippen molar-refractivity contribution < 1.29 is 9.47 Å². The summed E-state index contributed by atoms with van der Waals surface area (Å²) in [5.74, 6) is 3.94. The van der Waals surface area contributed by atoms with E-state index in [1.807, 2.05) is 62.4 Å². The molecule has 0 aliphatic heterocycles. The van der Waals surface area contributed by atoms with Gasteiger partial charge in [-0.1, -0.05) is 97.0 Å². The SMILES string of the molecule is CC.CC(C)c1ccc(Oc2ccc(Cc3ccc(Oc4ccc(C(C)(C)C)cc4)cc3)cc2)cc1. The van der Waals surface area contributed by atoms with Gasteiger partial charge < -0.3 is 9.47 Å². The molecule has 2 heteroatoms. The molecule has 4 aromatic carbocycles. The molecule has 188 valence electrons. The van der Waals surface area contributed by atoms with E-state index in [-0.39, 0.29) is 5.41 Å². The van der Waals surface area contributed by atoms with Gasteiger partial charge in [0.25, 0.3) is 0 Å². The van der Waals surface area contributed by atoms with Gasteiger partial charge in [-0.2, -0.15) is 0 Å². The molecule has 0 aromatic heterocycles. The third kappa shape index (κ3) is 7.75. The van der Waals surface area contributed by atoms with Crippen molar-refractivity contribution in [1.82, 2.24) is 0 Å². The first-order valence-corrected chi connectivity index (χ1v) is 13.0. The second-order valence-electron chi connectivity index (χ2n) is 10.2. The third-order valence-electron chi connectivity index (χ3n) is 5.99. The quantitative estimate of drug-likeness (QED) is 0.262. The fourth-order valence-electron chi connectivity index (χ4n) is 3.80. The van der Waals surface area contributed by atoms with Crippen LogP contribution in [-0.4, -0.2) is 0 Å². The van der Waals surface area contributed by atoms with Gasteiger partial charge >= 0.3 is 0 Å². The Morgan fingerprint density at radius 3 is 1.19 bits per heavy atom. The molecule has 0 heterocycles. The van der Waals surface area contributed by atoms with Crippen molar-refractivity contribution in [2.24, 2.45) is 0 Å². The minimum atomic E-state index is 0.142. The van der Waals surface area contributed by atoms with Crippen molar-refractivity contribution in [1.29, 1.82) is 0 Å². The zero-order chi connectivity index (χ0) is 26.1. The molecule has 0 aliphatic carbocycles. The highest BCUT2D eigenvalue weighted by Gasteiger charge is 2.13. The summed E-state index contributed by atoms with van der Waals surface area (Å²) in [5, 5.41) is 0. The summed E-state index contributed by atoms with van der Waals surface area (Å²) < 4.78 is 12.0. The molecule has 4 rings (SSSR count). The Morgan fingerprint density at radius 1 is 0.528 bits per heavy atom. The van der Waals surface area contributed by atoms with Gasteiger partial charge in [-0.15, -0.1) is 0 Å². The van der Waals surface area contributed by atoms with E-state index in [0.29, 0.717) is 5.92 Å². The molecule has 4 aromatic rings. The first-order valence-electron chi connectivity index (χ1n) is 13.0. The molecule has 0 bridgehead atoms. The maximum atomic E-state index is 6.03. The average Bonchev–Trinajstić information content (AvgIpc) is 2.88. The van der Waals surface area contributed by atoms with Crippen molar-refractivity contribution >= 4 is 0 Å². The van der Waals surface area contributed by atoms with E-state index in [1.54, 1.807) is 0 Å². The lowest BCUT2D eigenvalue weighted by Crippen LogP contribution is -2.10. The van der Waals surface area contributed by atoms with Crippen LogP contribution in [0.25, 0.3) is 0 Å². The predicted octanol–water partition coefficient (Wildman–Crippen LogP) is 10.3. The summed E-state index contributed by atoms with van der Waals surface area (Å²) >= 11 is 0. The second-order valence-corrected chi connectivity index (χ2v) is 10.2. The predicted molar refractivity (Wildman–Crippen MR) is 153 cm³/mol. The Morgan fingerprint density at radius 2 is 0.861 bits per heavy atom. The smallest absolute Gasteiger partial charge is 0.127 e. The van der Waals surface area contributed by atoms with Gasteiger partial charge in [0, 0.05) is 0 Å². The molecule has 0 saturated heterocycles. The molecule has 0 fully saturated rings. The molecule has 0 unspecified atom stereocenters. The first kappa shape index (κ1) is 27.1. The minimum absolute atomic E-state index is 0.142.